The lowest BCUT2D eigenvalue weighted by Gasteiger charge is -2.18. The second-order valence-electron chi connectivity index (χ2n) is 5.81. The van der Waals surface area contributed by atoms with E-state index in [2.05, 4.69) is 4.72 Å². The Hall–Kier alpha value is -2.13. The van der Waals surface area contributed by atoms with Crippen molar-refractivity contribution in [3.63, 3.8) is 0 Å². The van der Waals surface area contributed by atoms with Crippen LogP contribution in [0.2, 0.25) is 0 Å². The molecule has 0 unspecified atom stereocenters. The van der Waals surface area contributed by atoms with Crippen molar-refractivity contribution in [1.82, 2.24) is 0 Å². The number of nitrogens with one attached hydrogen (secondary N) is 1. The van der Waals surface area contributed by atoms with E-state index >= 15 is 0 Å². The largest absolute Gasteiger partial charge is 0.280 e. The summed E-state index contributed by atoms with van der Waals surface area (Å²) >= 11 is 0. The Balaban J connectivity index is 1.92. The minimum absolute atomic E-state index is 0.0342. The van der Waals surface area contributed by atoms with Crippen LogP contribution < -0.4 is 9.03 Å². The molecular formula is C16H17FN2O4S2. The molecule has 2 aromatic carbocycles. The van der Waals surface area contributed by atoms with Crippen molar-refractivity contribution in [2.45, 2.75) is 18.2 Å². The summed E-state index contributed by atoms with van der Waals surface area (Å²) in [5, 5.41) is 0. The molecule has 3 rings (SSSR count). The molecule has 1 heterocycles. The average Bonchev–Trinajstić information content (AvgIpc) is 2.86. The van der Waals surface area contributed by atoms with Crippen molar-refractivity contribution in [1.29, 1.82) is 0 Å². The summed E-state index contributed by atoms with van der Waals surface area (Å²) in [5.41, 5.74) is 0.933. The summed E-state index contributed by atoms with van der Waals surface area (Å²) in [5.74, 6) is -0.435. The van der Waals surface area contributed by atoms with Gasteiger partial charge in [-0.3, -0.25) is 9.03 Å². The minimum atomic E-state index is -3.91. The summed E-state index contributed by atoms with van der Waals surface area (Å²) in [4.78, 5) is -0.0342. The zero-order valence-electron chi connectivity index (χ0n) is 13.4. The monoisotopic (exact) mass is 384 g/mol. The van der Waals surface area contributed by atoms with Gasteiger partial charge >= 0.3 is 0 Å². The molecule has 1 aliphatic heterocycles. The Kier molecular flexibility index (Phi) is 4.46. The highest BCUT2D eigenvalue weighted by Crippen LogP contribution is 2.28. The summed E-state index contributed by atoms with van der Waals surface area (Å²) in [6.45, 7) is 1.88. The van der Waals surface area contributed by atoms with Gasteiger partial charge in [0, 0.05) is 6.54 Å². The van der Waals surface area contributed by atoms with Gasteiger partial charge in [0.05, 0.1) is 22.0 Å². The van der Waals surface area contributed by atoms with Crippen LogP contribution in [0.15, 0.2) is 47.4 Å². The van der Waals surface area contributed by atoms with E-state index in [-0.39, 0.29) is 21.9 Å². The lowest BCUT2D eigenvalue weighted by molar-refractivity contribution is 0.597. The number of aryl methyl sites for hydroxylation is 1. The van der Waals surface area contributed by atoms with E-state index in [9.17, 15) is 21.2 Å². The molecule has 0 saturated carbocycles. The molecule has 0 aromatic heterocycles. The Morgan fingerprint density at radius 2 is 1.92 bits per heavy atom. The summed E-state index contributed by atoms with van der Waals surface area (Å²) in [7, 11) is -7.26. The molecule has 0 radical (unpaired) electrons. The van der Waals surface area contributed by atoms with Crippen LogP contribution in [0.4, 0.5) is 15.8 Å². The predicted molar refractivity (Wildman–Crippen MR) is 94.1 cm³/mol. The molecule has 0 amide bonds. The Bertz CT molecular complexity index is 1020. The number of rotatable bonds is 4. The number of hydrogen-bond donors (Lipinski definition) is 1. The third-order valence-electron chi connectivity index (χ3n) is 3.91. The number of hydrogen-bond acceptors (Lipinski definition) is 4. The van der Waals surface area contributed by atoms with Crippen LogP contribution >= 0.6 is 0 Å². The molecule has 1 N–H and O–H groups in total. The maximum absolute atomic E-state index is 13.2. The maximum Gasteiger partial charge on any atom is 0.262 e. The van der Waals surface area contributed by atoms with Gasteiger partial charge in [0.2, 0.25) is 10.0 Å². The molecule has 1 aliphatic rings. The van der Waals surface area contributed by atoms with Crippen LogP contribution in [-0.4, -0.2) is 29.1 Å². The van der Waals surface area contributed by atoms with Gasteiger partial charge in [-0.05, 0) is 55.3 Å². The van der Waals surface area contributed by atoms with Crippen molar-refractivity contribution in [3.8, 4) is 0 Å². The molecule has 0 bridgehead atoms. The molecular weight excluding hydrogens is 367 g/mol. The molecule has 6 nitrogen and oxygen atoms in total. The first-order valence-electron chi connectivity index (χ1n) is 7.58. The van der Waals surface area contributed by atoms with Crippen molar-refractivity contribution >= 4 is 31.4 Å². The molecule has 0 spiro atoms. The number of sulfonamides is 2. The average molecular weight is 384 g/mol. The van der Waals surface area contributed by atoms with Gasteiger partial charge in [-0.1, -0.05) is 6.07 Å². The summed E-state index contributed by atoms with van der Waals surface area (Å²) < 4.78 is 65.9. The van der Waals surface area contributed by atoms with Crippen molar-refractivity contribution < 1.29 is 21.2 Å². The van der Waals surface area contributed by atoms with Crippen LogP contribution in [-0.2, 0) is 20.0 Å². The fraction of sp³-hybridized carbons (Fsp3) is 0.250. The zero-order chi connectivity index (χ0) is 18.2. The fourth-order valence-electron chi connectivity index (χ4n) is 2.78. The number of nitrogens with zero attached hydrogens (tertiary/aromatic N) is 1. The molecule has 1 fully saturated rings. The molecule has 1 saturated heterocycles. The standard InChI is InChI=1S/C16H17FN2O4S2/c1-12-10-13(17)6-7-16(12)25(22,23)18-14-4-2-5-15(11-14)19-8-3-9-24(19,20)21/h2,4-7,10-11,18H,3,8-9H2,1H3. The molecule has 25 heavy (non-hydrogen) atoms. The maximum atomic E-state index is 13.2. The van der Waals surface area contributed by atoms with Gasteiger partial charge in [-0.25, -0.2) is 21.2 Å². The second kappa shape index (κ2) is 6.30. The quantitative estimate of drug-likeness (QED) is 0.878. The van der Waals surface area contributed by atoms with E-state index in [1.165, 1.54) is 29.4 Å². The van der Waals surface area contributed by atoms with E-state index in [4.69, 9.17) is 0 Å². The number of anilines is 2. The van der Waals surface area contributed by atoms with Crippen LogP contribution in [0.25, 0.3) is 0 Å². The van der Waals surface area contributed by atoms with Gasteiger partial charge in [-0.15, -0.1) is 0 Å². The number of benzene rings is 2. The smallest absolute Gasteiger partial charge is 0.262 e. The molecule has 0 aliphatic carbocycles. The highest BCUT2D eigenvalue weighted by atomic mass is 32.2. The van der Waals surface area contributed by atoms with Gasteiger partial charge in [0.1, 0.15) is 5.82 Å². The van der Waals surface area contributed by atoms with Crippen LogP contribution in [0, 0.1) is 12.7 Å². The molecule has 134 valence electrons. The van der Waals surface area contributed by atoms with Crippen molar-refractivity contribution in [2.24, 2.45) is 0 Å². The SMILES string of the molecule is Cc1cc(F)ccc1S(=O)(=O)Nc1cccc(N2CCCS2(=O)=O)c1. The molecule has 0 atom stereocenters. The summed E-state index contributed by atoms with van der Waals surface area (Å²) in [6.07, 6.45) is 0.535. The highest BCUT2D eigenvalue weighted by Gasteiger charge is 2.28. The van der Waals surface area contributed by atoms with Gasteiger partial charge < -0.3 is 0 Å². The van der Waals surface area contributed by atoms with Gasteiger partial charge in [0.25, 0.3) is 10.0 Å². The second-order valence-corrected chi connectivity index (χ2v) is 9.47. The predicted octanol–water partition coefficient (Wildman–Crippen LogP) is 2.47. The van der Waals surface area contributed by atoms with Crippen LogP contribution in [0.1, 0.15) is 12.0 Å². The zero-order valence-corrected chi connectivity index (χ0v) is 15.1. The van der Waals surface area contributed by atoms with Gasteiger partial charge in [-0.2, -0.15) is 0 Å². The lowest BCUT2D eigenvalue weighted by atomic mass is 10.2. The van der Waals surface area contributed by atoms with E-state index in [0.29, 0.717) is 18.7 Å². The Morgan fingerprint density at radius 3 is 2.56 bits per heavy atom. The van der Waals surface area contributed by atoms with E-state index in [0.717, 1.165) is 12.1 Å². The van der Waals surface area contributed by atoms with Gasteiger partial charge in [0.15, 0.2) is 0 Å². The molecule has 9 heteroatoms. The normalized spacial score (nSPS) is 16.8. The first-order chi connectivity index (χ1) is 11.7. The summed E-state index contributed by atoms with van der Waals surface area (Å²) in [6, 6.07) is 9.61. The third kappa shape index (κ3) is 3.62. The first kappa shape index (κ1) is 17.7. The van der Waals surface area contributed by atoms with E-state index in [1.807, 2.05) is 0 Å². The van der Waals surface area contributed by atoms with E-state index in [1.54, 1.807) is 12.1 Å². The third-order valence-corrected chi connectivity index (χ3v) is 7.32. The van der Waals surface area contributed by atoms with Crippen molar-refractivity contribution in [2.75, 3.05) is 21.3 Å². The minimum Gasteiger partial charge on any atom is -0.280 e. The van der Waals surface area contributed by atoms with Crippen LogP contribution in [0.5, 0.6) is 0 Å². The molecule has 2 aromatic rings. The van der Waals surface area contributed by atoms with Crippen molar-refractivity contribution in [3.05, 3.63) is 53.8 Å². The highest BCUT2D eigenvalue weighted by molar-refractivity contribution is 7.93. The Morgan fingerprint density at radius 1 is 1.16 bits per heavy atom. The Labute approximate surface area is 146 Å². The van der Waals surface area contributed by atoms with Crippen LogP contribution in [0.3, 0.4) is 0 Å². The topological polar surface area (TPSA) is 83.6 Å². The lowest BCUT2D eigenvalue weighted by Crippen LogP contribution is -2.25. The van der Waals surface area contributed by atoms with E-state index < -0.39 is 25.9 Å². The number of halogens is 1. The first-order valence-corrected chi connectivity index (χ1v) is 10.7. The fourth-order valence-corrected chi connectivity index (χ4v) is 5.61.